The number of carboxylic acid groups (broad SMARTS) is 1. The number of hydrogen-bond acceptors (Lipinski definition) is 7. The SMILES string of the molecule is COC(=O)[C@@H](C)OC(=O)C1=C(C)N(c2cccc(C(F)(F)F)c2)C(=O)C(C(=O)O)C1c1ccc(C#N)cc1. The van der Waals surface area contributed by atoms with Crippen molar-refractivity contribution in [1.29, 1.82) is 5.26 Å². The lowest BCUT2D eigenvalue weighted by Crippen LogP contribution is -2.48. The van der Waals surface area contributed by atoms with Crippen LogP contribution in [0.1, 0.15) is 36.5 Å². The van der Waals surface area contributed by atoms with E-state index in [1.165, 1.54) is 38.1 Å². The Balaban J connectivity index is 2.28. The van der Waals surface area contributed by atoms with Crippen LogP contribution in [0.4, 0.5) is 18.9 Å². The van der Waals surface area contributed by atoms with Gasteiger partial charge in [-0.3, -0.25) is 14.5 Å². The number of halogens is 3. The predicted molar refractivity (Wildman–Crippen MR) is 124 cm³/mol. The molecule has 3 rings (SSSR count). The second-order valence-electron chi connectivity index (χ2n) is 8.32. The number of rotatable bonds is 6. The Hall–Kier alpha value is -4.66. The molecule has 0 saturated carbocycles. The van der Waals surface area contributed by atoms with Crippen molar-refractivity contribution in [2.45, 2.75) is 32.0 Å². The number of nitrogens with zero attached hydrogens (tertiary/aromatic N) is 2. The summed E-state index contributed by atoms with van der Waals surface area (Å²) in [6, 6.07) is 11.0. The van der Waals surface area contributed by atoms with Gasteiger partial charge in [-0.2, -0.15) is 18.4 Å². The monoisotopic (exact) mass is 530 g/mol. The molecule has 1 aliphatic rings. The van der Waals surface area contributed by atoms with Gasteiger partial charge in [0, 0.05) is 17.3 Å². The molecule has 0 bridgehead atoms. The van der Waals surface area contributed by atoms with Gasteiger partial charge in [-0.05, 0) is 49.7 Å². The van der Waals surface area contributed by atoms with Gasteiger partial charge >= 0.3 is 24.1 Å². The van der Waals surface area contributed by atoms with Crippen LogP contribution in [0.3, 0.4) is 0 Å². The van der Waals surface area contributed by atoms with Gasteiger partial charge in [-0.1, -0.05) is 18.2 Å². The van der Waals surface area contributed by atoms with E-state index in [9.17, 15) is 37.5 Å². The summed E-state index contributed by atoms with van der Waals surface area (Å²) in [5, 5.41) is 19.2. The molecule has 1 heterocycles. The van der Waals surface area contributed by atoms with Crippen LogP contribution in [0, 0.1) is 17.2 Å². The molecule has 0 radical (unpaired) electrons. The van der Waals surface area contributed by atoms with Crippen LogP contribution in [0.15, 0.2) is 59.8 Å². The second-order valence-corrected chi connectivity index (χ2v) is 8.32. The first-order valence-corrected chi connectivity index (χ1v) is 11.1. The number of anilines is 1. The number of benzene rings is 2. The molecular weight excluding hydrogens is 509 g/mol. The van der Waals surface area contributed by atoms with Crippen molar-refractivity contribution >= 4 is 29.5 Å². The lowest BCUT2D eigenvalue weighted by molar-refractivity contribution is -0.162. The van der Waals surface area contributed by atoms with Gasteiger partial charge in [0.1, 0.15) is 5.92 Å². The fourth-order valence-corrected chi connectivity index (χ4v) is 4.19. The maximum absolute atomic E-state index is 13.5. The van der Waals surface area contributed by atoms with Gasteiger partial charge in [-0.15, -0.1) is 0 Å². The highest BCUT2D eigenvalue weighted by molar-refractivity contribution is 6.13. The summed E-state index contributed by atoms with van der Waals surface area (Å²) in [4.78, 5) is 51.9. The van der Waals surface area contributed by atoms with Crippen molar-refractivity contribution in [2.24, 2.45) is 5.92 Å². The molecule has 2 aromatic carbocycles. The van der Waals surface area contributed by atoms with E-state index in [1.807, 2.05) is 6.07 Å². The normalized spacial score (nSPS) is 18.4. The summed E-state index contributed by atoms with van der Waals surface area (Å²) in [6.45, 7) is 2.47. The minimum Gasteiger partial charge on any atom is -0.481 e. The van der Waals surface area contributed by atoms with Crippen LogP contribution in [0.25, 0.3) is 0 Å². The molecule has 0 aromatic heterocycles. The predicted octanol–water partition coefficient (Wildman–Crippen LogP) is 3.79. The summed E-state index contributed by atoms with van der Waals surface area (Å²) in [7, 11) is 1.06. The number of ether oxygens (including phenoxy) is 2. The highest BCUT2D eigenvalue weighted by atomic mass is 19.4. The largest absolute Gasteiger partial charge is 0.481 e. The van der Waals surface area contributed by atoms with E-state index in [0.29, 0.717) is 11.0 Å². The first kappa shape index (κ1) is 27.9. The molecule has 38 heavy (non-hydrogen) atoms. The third-order valence-electron chi connectivity index (χ3n) is 5.99. The molecule has 1 aliphatic heterocycles. The third kappa shape index (κ3) is 5.36. The standard InChI is InChI=1S/C26H21F3N2O7/c1-13-19(25(36)38-14(2)24(35)37-3)20(16-9-7-15(12-30)8-10-16)21(23(33)34)22(32)31(13)18-6-4-5-17(11-18)26(27,28)29/h4-11,14,20-21H,1-3H3,(H,33,34)/t14-,20?,21?/m1/s1. The molecule has 0 fully saturated rings. The van der Waals surface area contributed by atoms with Crippen molar-refractivity contribution in [3.63, 3.8) is 0 Å². The minimum absolute atomic E-state index is 0.158. The average molecular weight is 530 g/mol. The Bertz CT molecular complexity index is 1360. The highest BCUT2D eigenvalue weighted by Crippen LogP contribution is 2.44. The number of nitriles is 1. The third-order valence-corrected chi connectivity index (χ3v) is 5.99. The van der Waals surface area contributed by atoms with E-state index in [2.05, 4.69) is 4.74 Å². The summed E-state index contributed by atoms with van der Waals surface area (Å²) in [5.74, 6) is -8.25. The van der Waals surface area contributed by atoms with E-state index in [-0.39, 0.29) is 28.1 Å². The van der Waals surface area contributed by atoms with Crippen molar-refractivity contribution < 1.29 is 46.9 Å². The van der Waals surface area contributed by atoms with Gasteiger partial charge in [0.05, 0.1) is 29.9 Å². The molecule has 1 amide bonds. The molecule has 0 aliphatic carbocycles. The van der Waals surface area contributed by atoms with Crippen LogP contribution < -0.4 is 4.90 Å². The summed E-state index contributed by atoms with van der Waals surface area (Å²) in [5.41, 5.74) is -1.60. The smallest absolute Gasteiger partial charge is 0.416 e. The number of methoxy groups -OCH3 is 1. The number of aliphatic carboxylic acids is 1. The second kappa shape index (κ2) is 10.8. The van der Waals surface area contributed by atoms with Gasteiger partial charge in [0.15, 0.2) is 6.10 Å². The fourth-order valence-electron chi connectivity index (χ4n) is 4.19. The summed E-state index contributed by atoms with van der Waals surface area (Å²) < 4.78 is 49.9. The van der Waals surface area contributed by atoms with Crippen molar-refractivity contribution in [3.8, 4) is 6.07 Å². The fraction of sp³-hybridized carbons (Fsp3) is 0.269. The molecule has 1 N–H and O–H groups in total. The average Bonchev–Trinajstić information content (AvgIpc) is 2.87. The Morgan fingerprint density at radius 3 is 2.29 bits per heavy atom. The first-order valence-electron chi connectivity index (χ1n) is 11.1. The lowest BCUT2D eigenvalue weighted by Gasteiger charge is -2.38. The molecule has 2 aromatic rings. The topological polar surface area (TPSA) is 134 Å². The Kier molecular flexibility index (Phi) is 7.90. The van der Waals surface area contributed by atoms with Crippen molar-refractivity contribution in [1.82, 2.24) is 0 Å². The molecule has 3 atom stereocenters. The van der Waals surface area contributed by atoms with Crippen LogP contribution >= 0.6 is 0 Å². The molecule has 0 spiro atoms. The van der Waals surface area contributed by atoms with E-state index < -0.39 is 53.5 Å². The quantitative estimate of drug-likeness (QED) is 0.441. The van der Waals surface area contributed by atoms with Crippen LogP contribution in [-0.4, -0.2) is 42.1 Å². The highest BCUT2D eigenvalue weighted by Gasteiger charge is 2.49. The zero-order chi connectivity index (χ0) is 28.4. The maximum atomic E-state index is 13.5. The molecule has 9 nitrogen and oxygen atoms in total. The van der Waals surface area contributed by atoms with Gasteiger partial charge in [0.25, 0.3) is 0 Å². The summed E-state index contributed by atoms with van der Waals surface area (Å²) in [6.07, 6.45) is -6.18. The first-order chi connectivity index (χ1) is 17.8. The number of alkyl halides is 3. The number of esters is 2. The summed E-state index contributed by atoms with van der Waals surface area (Å²) >= 11 is 0. The Morgan fingerprint density at radius 2 is 1.76 bits per heavy atom. The number of amides is 1. The van der Waals surface area contributed by atoms with Gasteiger partial charge < -0.3 is 14.6 Å². The molecule has 198 valence electrons. The molecule has 2 unspecified atom stereocenters. The van der Waals surface area contributed by atoms with Crippen LogP contribution in [0.2, 0.25) is 0 Å². The number of carbonyl (C=O) groups is 4. The van der Waals surface area contributed by atoms with E-state index in [4.69, 9.17) is 10.00 Å². The van der Waals surface area contributed by atoms with Gasteiger partial charge in [0.2, 0.25) is 5.91 Å². The molecule has 0 saturated heterocycles. The van der Waals surface area contributed by atoms with Crippen LogP contribution in [-0.2, 0) is 34.8 Å². The molecule has 12 heteroatoms. The van der Waals surface area contributed by atoms with E-state index in [1.54, 1.807) is 0 Å². The molecular formula is C26H21F3N2O7. The lowest BCUT2D eigenvalue weighted by atomic mass is 9.75. The van der Waals surface area contributed by atoms with E-state index in [0.717, 1.165) is 25.3 Å². The Morgan fingerprint density at radius 1 is 1.13 bits per heavy atom. The van der Waals surface area contributed by atoms with Crippen molar-refractivity contribution in [2.75, 3.05) is 12.0 Å². The van der Waals surface area contributed by atoms with Gasteiger partial charge in [-0.25, -0.2) is 9.59 Å². The number of carbonyl (C=O) groups excluding carboxylic acids is 3. The number of hydrogen-bond donors (Lipinski definition) is 1. The zero-order valence-electron chi connectivity index (χ0n) is 20.3. The minimum atomic E-state index is -4.76. The maximum Gasteiger partial charge on any atom is 0.416 e. The Labute approximate surface area is 214 Å². The zero-order valence-corrected chi connectivity index (χ0v) is 20.3. The number of carboxylic acids is 1. The van der Waals surface area contributed by atoms with Crippen molar-refractivity contribution in [3.05, 3.63) is 76.5 Å². The number of allylic oxidation sites excluding steroid dienone is 1. The van der Waals surface area contributed by atoms with E-state index >= 15 is 0 Å². The van der Waals surface area contributed by atoms with Crippen LogP contribution in [0.5, 0.6) is 0 Å².